The Kier molecular flexibility index (Phi) is 33.9. The Hall–Kier alpha value is -1.58. The molecule has 0 aromatic rings. The van der Waals surface area contributed by atoms with Crippen LogP contribution in [0.4, 0.5) is 0 Å². The molecule has 1 unspecified atom stereocenters. The summed E-state index contributed by atoms with van der Waals surface area (Å²) >= 11 is 0. The Morgan fingerprint density at radius 2 is 0.816 bits per heavy atom. The van der Waals surface area contributed by atoms with Gasteiger partial charge in [0, 0.05) is 12.2 Å². The van der Waals surface area contributed by atoms with E-state index in [9.17, 15) is 9.59 Å². The van der Waals surface area contributed by atoms with Crippen LogP contribution in [0.25, 0.3) is 0 Å². The number of hydrogen-bond donors (Lipinski definition) is 0. The second-order valence-corrected chi connectivity index (χ2v) is 10.8. The van der Waals surface area contributed by atoms with E-state index in [1.165, 1.54) is 134 Å². The standard InChI is InChI=1S/2C17H32O2/c1-4-6-7-8-9-10-13-16(3)14-11-12-15-19-17(18)5-2;1-3-5-6-7-8-9-10-11-12-13-14-15-16-19-17(18)4-2/h5,16H,2,4,6-15H2,1,3H3;4H,2-3,5-16H2,1H3. The molecule has 0 fully saturated rings. The third-order valence-electron chi connectivity index (χ3n) is 6.96. The van der Waals surface area contributed by atoms with Crippen molar-refractivity contribution in [2.75, 3.05) is 13.2 Å². The lowest BCUT2D eigenvalue weighted by molar-refractivity contribution is -0.138. The van der Waals surface area contributed by atoms with Crippen molar-refractivity contribution in [1.29, 1.82) is 0 Å². The van der Waals surface area contributed by atoms with Crippen molar-refractivity contribution in [3.05, 3.63) is 25.3 Å². The van der Waals surface area contributed by atoms with Gasteiger partial charge in [0.1, 0.15) is 0 Å². The first-order chi connectivity index (χ1) is 18.5. The molecule has 0 saturated carbocycles. The van der Waals surface area contributed by atoms with Gasteiger partial charge in [0.25, 0.3) is 0 Å². The molecular formula is C34H64O4. The Morgan fingerprint density at radius 3 is 1.18 bits per heavy atom. The number of ether oxygens (including phenoxy) is 2. The number of hydrogen-bond acceptors (Lipinski definition) is 4. The van der Waals surface area contributed by atoms with Gasteiger partial charge in [0.15, 0.2) is 0 Å². The second kappa shape index (κ2) is 33.4. The zero-order chi connectivity index (χ0) is 28.5. The molecule has 0 bridgehead atoms. The molecule has 0 aliphatic carbocycles. The van der Waals surface area contributed by atoms with Crippen molar-refractivity contribution < 1.29 is 19.1 Å². The number of carbonyl (C=O) groups excluding carboxylic acids is 2. The van der Waals surface area contributed by atoms with E-state index < -0.39 is 0 Å². The van der Waals surface area contributed by atoms with Crippen molar-refractivity contribution >= 4 is 11.9 Å². The van der Waals surface area contributed by atoms with Crippen molar-refractivity contribution in [3.63, 3.8) is 0 Å². The molecule has 0 amide bonds. The zero-order valence-electron chi connectivity index (χ0n) is 25.7. The average Bonchev–Trinajstić information content (AvgIpc) is 2.93. The molecule has 224 valence electrons. The minimum absolute atomic E-state index is 0.303. The van der Waals surface area contributed by atoms with Gasteiger partial charge >= 0.3 is 11.9 Å². The maximum absolute atomic E-state index is 10.8. The quantitative estimate of drug-likeness (QED) is 0.0595. The van der Waals surface area contributed by atoms with Crippen LogP contribution in [0.2, 0.25) is 0 Å². The van der Waals surface area contributed by atoms with E-state index in [1.54, 1.807) is 0 Å². The third kappa shape index (κ3) is 34.4. The topological polar surface area (TPSA) is 52.6 Å². The van der Waals surface area contributed by atoms with E-state index in [0.29, 0.717) is 13.2 Å². The fraction of sp³-hybridized carbons (Fsp3) is 0.824. The molecule has 0 rings (SSSR count). The summed E-state index contributed by atoms with van der Waals surface area (Å²) in [7, 11) is 0. The lowest BCUT2D eigenvalue weighted by Gasteiger charge is -2.11. The zero-order valence-corrected chi connectivity index (χ0v) is 25.7. The molecule has 0 N–H and O–H groups in total. The van der Waals surface area contributed by atoms with Gasteiger partial charge < -0.3 is 9.47 Å². The van der Waals surface area contributed by atoms with Crippen LogP contribution in [0, 0.1) is 5.92 Å². The average molecular weight is 537 g/mol. The molecule has 38 heavy (non-hydrogen) atoms. The highest BCUT2D eigenvalue weighted by Crippen LogP contribution is 2.17. The highest BCUT2D eigenvalue weighted by atomic mass is 16.5. The Labute approximate surface area is 237 Å². The van der Waals surface area contributed by atoms with Gasteiger partial charge in [-0.3, -0.25) is 0 Å². The van der Waals surface area contributed by atoms with Crippen LogP contribution in [0.5, 0.6) is 0 Å². The summed E-state index contributed by atoms with van der Waals surface area (Å²) in [5, 5.41) is 0. The predicted molar refractivity (Wildman–Crippen MR) is 164 cm³/mol. The number of esters is 2. The van der Waals surface area contributed by atoms with E-state index in [4.69, 9.17) is 9.47 Å². The molecule has 0 aliphatic heterocycles. The van der Waals surface area contributed by atoms with Gasteiger partial charge in [0.2, 0.25) is 0 Å². The van der Waals surface area contributed by atoms with Crippen LogP contribution in [0.15, 0.2) is 25.3 Å². The Balaban J connectivity index is 0. The largest absolute Gasteiger partial charge is 0.463 e. The van der Waals surface area contributed by atoms with E-state index >= 15 is 0 Å². The molecule has 0 aromatic heterocycles. The van der Waals surface area contributed by atoms with Gasteiger partial charge in [-0.05, 0) is 25.2 Å². The molecule has 0 heterocycles. The van der Waals surface area contributed by atoms with Crippen LogP contribution in [0.3, 0.4) is 0 Å². The maximum atomic E-state index is 10.8. The summed E-state index contributed by atoms with van der Waals surface area (Å²) in [5.41, 5.74) is 0. The minimum Gasteiger partial charge on any atom is -0.463 e. The van der Waals surface area contributed by atoms with E-state index in [0.717, 1.165) is 25.2 Å². The molecule has 4 nitrogen and oxygen atoms in total. The van der Waals surface area contributed by atoms with Crippen LogP contribution in [0.1, 0.15) is 162 Å². The molecule has 0 spiro atoms. The van der Waals surface area contributed by atoms with Gasteiger partial charge in [-0.2, -0.15) is 0 Å². The SMILES string of the molecule is C=CC(=O)OCCCCC(C)CCCCCCCC.C=CC(=O)OCCCCCCCCCCCCCC. The maximum Gasteiger partial charge on any atom is 0.330 e. The number of unbranched alkanes of at least 4 members (excludes halogenated alkanes) is 17. The van der Waals surface area contributed by atoms with Gasteiger partial charge in [-0.15, -0.1) is 0 Å². The monoisotopic (exact) mass is 536 g/mol. The Morgan fingerprint density at radius 1 is 0.526 bits per heavy atom. The van der Waals surface area contributed by atoms with Crippen molar-refractivity contribution in [3.8, 4) is 0 Å². The van der Waals surface area contributed by atoms with Crippen LogP contribution in [-0.4, -0.2) is 25.2 Å². The lowest BCUT2D eigenvalue weighted by Crippen LogP contribution is -2.02. The van der Waals surface area contributed by atoms with E-state index in [2.05, 4.69) is 33.9 Å². The van der Waals surface area contributed by atoms with E-state index in [1.807, 2.05) is 0 Å². The third-order valence-corrected chi connectivity index (χ3v) is 6.96. The highest BCUT2D eigenvalue weighted by Gasteiger charge is 2.03. The molecule has 0 aliphatic rings. The first kappa shape index (κ1) is 38.6. The first-order valence-corrected chi connectivity index (χ1v) is 16.1. The van der Waals surface area contributed by atoms with Crippen molar-refractivity contribution in [2.24, 2.45) is 5.92 Å². The summed E-state index contributed by atoms with van der Waals surface area (Å²) in [5.74, 6) is 0.199. The minimum atomic E-state index is -0.305. The summed E-state index contributed by atoms with van der Waals surface area (Å²) in [6, 6.07) is 0. The number of carbonyl (C=O) groups is 2. The molecule has 4 heteroatoms. The summed E-state index contributed by atoms with van der Waals surface area (Å²) in [6.45, 7) is 14.7. The fourth-order valence-corrected chi connectivity index (χ4v) is 4.42. The van der Waals surface area contributed by atoms with Gasteiger partial charge in [-0.1, -0.05) is 156 Å². The highest BCUT2D eigenvalue weighted by molar-refractivity contribution is 5.81. The van der Waals surface area contributed by atoms with Gasteiger partial charge in [-0.25, -0.2) is 9.59 Å². The molecular weight excluding hydrogens is 472 g/mol. The van der Waals surface area contributed by atoms with Gasteiger partial charge in [0.05, 0.1) is 13.2 Å². The van der Waals surface area contributed by atoms with Crippen molar-refractivity contribution in [2.45, 2.75) is 162 Å². The molecule has 1 atom stereocenters. The summed E-state index contributed by atoms with van der Waals surface area (Å²) in [4.78, 5) is 21.6. The molecule has 0 aromatic carbocycles. The van der Waals surface area contributed by atoms with Crippen LogP contribution < -0.4 is 0 Å². The first-order valence-electron chi connectivity index (χ1n) is 16.1. The second-order valence-electron chi connectivity index (χ2n) is 10.8. The summed E-state index contributed by atoms with van der Waals surface area (Å²) < 4.78 is 9.88. The Bertz CT molecular complexity index is 529. The molecule has 0 radical (unpaired) electrons. The lowest BCUT2D eigenvalue weighted by atomic mass is 9.97. The van der Waals surface area contributed by atoms with E-state index in [-0.39, 0.29) is 11.9 Å². The van der Waals surface area contributed by atoms with Crippen LogP contribution in [-0.2, 0) is 19.1 Å². The van der Waals surface area contributed by atoms with Crippen LogP contribution >= 0.6 is 0 Å². The fourth-order valence-electron chi connectivity index (χ4n) is 4.42. The predicted octanol–water partition coefficient (Wildman–Crippen LogP) is 10.7. The normalized spacial score (nSPS) is 11.2. The molecule has 0 saturated heterocycles. The summed E-state index contributed by atoms with van der Waals surface area (Å²) in [6.07, 6.45) is 31.3. The smallest absolute Gasteiger partial charge is 0.330 e. The van der Waals surface area contributed by atoms with Crippen molar-refractivity contribution in [1.82, 2.24) is 0 Å². The number of rotatable bonds is 27.